The van der Waals surface area contributed by atoms with Gasteiger partial charge in [0.05, 0.1) is 18.1 Å². The van der Waals surface area contributed by atoms with Crippen molar-refractivity contribution in [3.63, 3.8) is 0 Å². The van der Waals surface area contributed by atoms with E-state index in [1.165, 1.54) is 6.92 Å². The molecule has 0 amide bonds. The van der Waals surface area contributed by atoms with E-state index in [2.05, 4.69) is 39.0 Å². The van der Waals surface area contributed by atoms with E-state index in [0.29, 0.717) is 24.2 Å². The normalized spacial score (nSPS) is 57.3. The molecule has 9 aliphatic rings. The minimum atomic E-state index is -1.56. The van der Waals surface area contributed by atoms with Gasteiger partial charge in [-0.15, -0.1) is 0 Å². The van der Waals surface area contributed by atoms with E-state index < -0.39 is 68.2 Å². The van der Waals surface area contributed by atoms with Crippen molar-refractivity contribution in [3.05, 3.63) is 53.6 Å². The van der Waals surface area contributed by atoms with Crippen LogP contribution in [-0.2, 0) is 19.1 Å². The minimum Gasteiger partial charge on any atom is -0.474 e. The van der Waals surface area contributed by atoms with Crippen molar-refractivity contribution in [1.82, 2.24) is 0 Å². The van der Waals surface area contributed by atoms with Crippen molar-refractivity contribution < 1.29 is 43.9 Å². The molecule has 1 aromatic rings. The Kier molecular flexibility index (Phi) is 4.93. The molecule has 47 heavy (non-hydrogen) atoms. The molecule has 0 radical (unpaired) electrons. The summed E-state index contributed by atoms with van der Waals surface area (Å²) in [5.74, 6) is -2.70. The smallest absolute Gasteiger partial charge is 0.312 e. The third-order valence-electron chi connectivity index (χ3n) is 15.7. The van der Waals surface area contributed by atoms with E-state index in [9.17, 15) is 29.7 Å². The van der Waals surface area contributed by atoms with Gasteiger partial charge >= 0.3 is 5.97 Å². The summed E-state index contributed by atoms with van der Waals surface area (Å²) in [6, 6.07) is 7.35. The summed E-state index contributed by atoms with van der Waals surface area (Å²) in [4.78, 5) is 42.1. The summed E-state index contributed by atoms with van der Waals surface area (Å²) < 4.78 is 17.9. The number of aliphatic hydroxyl groups is 3. The molecule has 9 nitrogen and oxygen atoms in total. The maximum atomic E-state index is 14.9. The number of carbonyl (C=O) groups is 3. The van der Waals surface area contributed by atoms with Crippen LogP contribution < -0.4 is 4.74 Å². The Hall–Kier alpha value is -2.85. The van der Waals surface area contributed by atoms with Crippen molar-refractivity contribution in [1.29, 1.82) is 0 Å². The van der Waals surface area contributed by atoms with Crippen LogP contribution in [0.2, 0.25) is 0 Å². The van der Waals surface area contributed by atoms with Crippen LogP contribution >= 0.6 is 0 Å². The number of ketones is 2. The fraction of sp³-hybridized carbons (Fsp3) is 0.658. The fourth-order valence-electron chi connectivity index (χ4n) is 13.8. The maximum absolute atomic E-state index is 14.9. The molecule has 3 aliphatic heterocycles. The highest BCUT2D eigenvalue weighted by Crippen LogP contribution is 2.89. The van der Waals surface area contributed by atoms with Gasteiger partial charge in [-0.25, -0.2) is 0 Å². The second-order valence-corrected chi connectivity index (χ2v) is 17.5. The molecule has 10 rings (SSSR count). The van der Waals surface area contributed by atoms with Gasteiger partial charge in [0.25, 0.3) is 0 Å². The first-order valence-corrected chi connectivity index (χ1v) is 17.3. The van der Waals surface area contributed by atoms with Crippen LogP contribution in [0.3, 0.4) is 0 Å². The molecule has 248 valence electrons. The molecule has 1 aromatic carbocycles. The number of benzene rings is 1. The highest BCUT2D eigenvalue weighted by atomic mass is 16.7. The lowest BCUT2D eigenvalue weighted by Crippen LogP contribution is -2.73. The number of fused-ring (bicyclic) bond motifs is 7. The SMILES string of the molecule is C[C@]12CC=C3[C@@]4(C[C@]3(C)[C@@H]1[C@@H](O)C(=O)[C@]1(C)[C@@H]2C=C[C@]23C[C@@]21CC[C@@H]3[C@@H]1C[C@@]2(OC[C@](C)(O)[C@H]2O)OC1=O)Oc1ccccc1C4=O. The number of hydrogen-bond acceptors (Lipinski definition) is 9. The number of aliphatic hydroxyl groups excluding tert-OH is 2. The van der Waals surface area contributed by atoms with Gasteiger partial charge in [-0.1, -0.05) is 51.1 Å². The molecule has 3 N–H and O–H groups in total. The van der Waals surface area contributed by atoms with Gasteiger partial charge in [0.1, 0.15) is 23.6 Å². The molecular weight excluding hydrogens is 600 g/mol. The third-order valence-corrected chi connectivity index (χ3v) is 15.7. The van der Waals surface area contributed by atoms with Gasteiger partial charge in [0.15, 0.2) is 11.4 Å². The van der Waals surface area contributed by atoms with Crippen LogP contribution in [0.4, 0.5) is 0 Å². The molecule has 0 bridgehead atoms. The number of hydrogen-bond donors (Lipinski definition) is 3. The van der Waals surface area contributed by atoms with Crippen molar-refractivity contribution in [3.8, 4) is 5.75 Å². The number of allylic oxidation sites excluding steroid dienone is 3. The second-order valence-electron chi connectivity index (χ2n) is 17.5. The summed E-state index contributed by atoms with van der Waals surface area (Å²) in [5.41, 5.74) is -3.75. The van der Waals surface area contributed by atoms with Crippen LogP contribution in [-0.4, -0.2) is 68.7 Å². The van der Waals surface area contributed by atoms with E-state index >= 15 is 0 Å². The Morgan fingerprint density at radius 2 is 1.74 bits per heavy atom. The Morgan fingerprint density at radius 3 is 2.47 bits per heavy atom. The molecule has 6 aliphatic carbocycles. The van der Waals surface area contributed by atoms with E-state index in [1.807, 2.05) is 18.2 Å². The highest BCUT2D eigenvalue weighted by molar-refractivity contribution is 6.11. The summed E-state index contributed by atoms with van der Waals surface area (Å²) >= 11 is 0. The summed E-state index contributed by atoms with van der Waals surface area (Å²) in [5, 5.41) is 33.7. The molecule has 9 heteroatoms. The third kappa shape index (κ3) is 2.78. The van der Waals surface area contributed by atoms with E-state index in [4.69, 9.17) is 14.2 Å². The van der Waals surface area contributed by atoms with Crippen LogP contribution in [0.15, 0.2) is 48.1 Å². The number of esters is 1. The van der Waals surface area contributed by atoms with Gasteiger partial charge in [0, 0.05) is 29.6 Å². The van der Waals surface area contributed by atoms with Crippen LogP contribution in [0.1, 0.15) is 76.6 Å². The van der Waals surface area contributed by atoms with Gasteiger partial charge in [0.2, 0.25) is 11.6 Å². The number of ether oxygens (including phenoxy) is 3. The van der Waals surface area contributed by atoms with Gasteiger partial charge in [-0.3, -0.25) is 14.4 Å². The number of rotatable bonds is 1. The number of carbonyl (C=O) groups excluding carboxylic acids is 3. The molecule has 14 atom stereocenters. The summed E-state index contributed by atoms with van der Waals surface area (Å²) in [6.45, 7) is 7.75. The predicted octanol–water partition coefficient (Wildman–Crippen LogP) is 3.69. The molecule has 6 fully saturated rings. The Balaban J connectivity index is 1.01. The lowest BCUT2D eigenvalue weighted by atomic mass is 9.34. The van der Waals surface area contributed by atoms with Gasteiger partial charge in [-0.2, -0.15) is 0 Å². The van der Waals surface area contributed by atoms with Crippen molar-refractivity contribution in [2.45, 2.75) is 95.4 Å². The monoisotopic (exact) mass is 642 g/mol. The topological polar surface area (TPSA) is 140 Å². The first kappa shape index (κ1) is 29.1. The molecule has 0 aromatic heterocycles. The van der Waals surface area contributed by atoms with Crippen LogP contribution in [0.5, 0.6) is 5.75 Å². The zero-order valence-electron chi connectivity index (χ0n) is 27.2. The molecule has 4 saturated carbocycles. The molecule has 0 unspecified atom stereocenters. The molecule has 2 saturated heterocycles. The highest BCUT2D eigenvalue weighted by Gasteiger charge is 2.87. The van der Waals surface area contributed by atoms with E-state index in [-0.39, 0.29) is 42.3 Å². The van der Waals surface area contributed by atoms with Crippen molar-refractivity contribution in [2.75, 3.05) is 6.61 Å². The first-order valence-electron chi connectivity index (χ1n) is 17.3. The molecular formula is C38H42O9. The van der Waals surface area contributed by atoms with Crippen molar-refractivity contribution >= 4 is 17.5 Å². The van der Waals surface area contributed by atoms with Crippen molar-refractivity contribution in [2.24, 2.45) is 50.7 Å². The van der Waals surface area contributed by atoms with Gasteiger partial charge in [-0.05, 0) is 78.4 Å². The molecule has 2 spiro atoms. The summed E-state index contributed by atoms with van der Waals surface area (Å²) in [6.07, 6.45) is 7.58. The fourth-order valence-corrected chi connectivity index (χ4v) is 13.8. The second kappa shape index (κ2) is 7.96. The predicted molar refractivity (Wildman–Crippen MR) is 165 cm³/mol. The lowest BCUT2D eigenvalue weighted by molar-refractivity contribution is -0.223. The van der Waals surface area contributed by atoms with E-state index in [1.54, 1.807) is 6.07 Å². The Morgan fingerprint density at radius 1 is 0.979 bits per heavy atom. The quantitative estimate of drug-likeness (QED) is 0.309. The van der Waals surface area contributed by atoms with Crippen LogP contribution in [0, 0.1) is 50.7 Å². The number of para-hydroxylation sites is 1. The molecule has 3 heterocycles. The number of Topliss-reactive ketones (excluding diaryl/α,β-unsaturated/α-hetero) is 2. The Labute approximate surface area is 273 Å². The minimum absolute atomic E-state index is 0.0375. The average molecular weight is 643 g/mol. The summed E-state index contributed by atoms with van der Waals surface area (Å²) in [7, 11) is 0. The average Bonchev–Trinajstić information content (AvgIpc) is 3.16. The Bertz CT molecular complexity index is 1800. The first-order chi connectivity index (χ1) is 22.1. The van der Waals surface area contributed by atoms with Gasteiger partial charge < -0.3 is 29.5 Å². The zero-order chi connectivity index (χ0) is 32.9. The van der Waals surface area contributed by atoms with E-state index in [0.717, 1.165) is 24.8 Å². The lowest BCUT2D eigenvalue weighted by Gasteiger charge is -2.69. The standard InChI is InChI=1S/C38H42O9/c1-31-12-10-24-32(2,16-37(24)27(40)19-7-5-6-8-22(19)46-37)26(31)25(39)28(41)34(4)23(31)11-13-35-17-36(34,35)14-9-21(35)20-15-38(47-29(20)42)30(43)33(3,44)18-45-38/h5-8,10-11,13,20-21,23,25-26,30,39,43-44H,9,12,14-18H2,1-4H3/t20-,21+,23+,25+,26+,30+,31+,32-,33-,34-,35+,36+,37+,38+/m0/s1. The maximum Gasteiger partial charge on any atom is 0.312 e. The zero-order valence-corrected chi connectivity index (χ0v) is 27.2. The largest absolute Gasteiger partial charge is 0.474 e. The van der Waals surface area contributed by atoms with Crippen LogP contribution in [0.25, 0.3) is 0 Å².